The molecule has 0 radical (unpaired) electrons. The van der Waals surface area contributed by atoms with E-state index < -0.39 is 0 Å². The molecule has 0 aliphatic carbocycles. The fourth-order valence-corrected chi connectivity index (χ4v) is 3.50. The minimum absolute atomic E-state index is 0.0475. The summed E-state index contributed by atoms with van der Waals surface area (Å²) in [5.74, 6) is 0.712. The van der Waals surface area contributed by atoms with Crippen LogP contribution in [0.25, 0.3) is 5.69 Å². The quantitative estimate of drug-likeness (QED) is 0.674. The second kappa shape index (κ2) is 10.3. The van der Waals surface area contributed by atoms with Crippen molar-refractivity contribution in [2.24, 2.45) is 0 Å². The summed E-state index contributed by atoms with van der Waals surface area (Å²) in [6.45, 7) is 6.65. The molecule has 1 aromatic heterocycles. The lowest BCUT2D eigenvalue weighted by atomic mass is 10.1. The number of amides is 1. The Labute approximate surface area is 182 Å². The molecule has 1 fully saturated rings. The van der Waals surface area contributed by atoms with Crippen molar-refractivity contribution in [1.82, 2.24) is 9.47 Å². The zero-order chi connectivity index (χ0) is 22.4. The summed E-state index contributed by atoms with van der Waals surface area (Å²) in [6.07, 6.45) is 3.52. The number of hydrogen-bond acceptors (Lipinski definition) is 5. The Morgan fingerprint density at radius 1 is 1.10 bits per heavy atom. The lowest BCUT2D eigenvalue weighted by molar-refractivity contribution is -0.118. The molecule has 7 nitrogen and oxygen atoms in total. The monoisotopic (exact) mass is 426 g/mol. The van der Waals surface area contributed by atoms with Crippen LogP contribution in [-0.2, 0) is 16.0 Å². The number of piperidine rings is 1. The SMILES string of the molecule is CCC(=O)Cc1ccc(-n2ccc(OC3CCN(C(=O)OC(C)C)CC3)cc2=O)cc1. The Hall–Kier alpha value is -3.09. The molecule has 3 rings (SSSR count). The Morgan fingerprint density at radius 3 is 2.35 bits per heavy atom. The smallest absolute Gasteiger partial charge is 0.410 e. The van der Waals surface area contributed by atoms with E-state index in [0.717, 1.165) is 11.3 Å². The van der Waals surface area contributed by atoms with Crippen LogP contribution in [0.3, 0.4) is 0 Å². The molecule has 1 amide bonds. The van der Waals surface area contributed by atoms with Crippen molar-refractivity contribution in [2.45, 2.75) is 58.7 Å². The van der Waals surface area contributed by atoms with E-state index in [1.807, 2.05) is 45.0 Å². The Balaban J connectivity index is 1.58. The van der Waals surface area contributed by atoms with Gasteiger partial charge < -0.3 is 14.4 Å². The van der Waals surface area contributed by atoms with E-state index >= 15 is 0 Å². The molecule has 1 saturated heterocycles. The van der Waals surface area contributed by atoms with E-state index in [-0.39, 0.29) is 29.6 Å². The Bertz CT molecular complexity index is 957. The third kappa shape index (κ3) is 6.20. The van der Waals surface area contributed by atoms with Crippen molar-refractivity contribution in [2.75, 3.05) is 13.1 Å². The van der Waals surface area contributed by atoms with Gasteiger partial charge in [-0.25, -0.2) is 4.79 Å². The first-order chi connectivity index (χ1) is 14.9. The van der Waals surface area contributed by atoms with Gasteiger partial charge in [0.25, 0.3) is 5.56 Å². The molecule has 0 spiro atoms. The number of benzene rings is 1. The van der Waals surface area contributed by atoms with E-state index in [4.69, 9.17) is 9.47 Å². The van der Waals surface area contributed by atoms with E-state index in [1.165, 1.54) is 6.07 Å². The highest BCUT2D eigenvalue weighted by molar-refractivity contribution is 5.80. The number of pyridine rings is 1. The molecule has 31 heavy (non-hydrogen) atoms. The number of Topliss-reactive ketones (excluding diaryl/α,β-unsaturated/α-hetero) is 1. The molecular weight excluding hydrogens is 396 g/mol. The maximum atomic E-state index is 12.6. The number of carbonyl (C=O) groups excluding carboxylic acids is 2. The average Bonchev–Trinajstić information content (AvgIpc) is 2.74. The predicted molar refractivity (Wildman–Crippen MR) is 118 cm³/mol. The maximum Gasteiger partial charge on any atom is 0.410 e. The van der Waals surface area contributed by atoms with Gasteiger partial charge in [0.1, 0.15) is 17.6 Å². The Morgan fingerprint density at radius 2 is 1.77 bits per heavy atom. The van der Waals surface area contributed by atoms with Gasteiger partial charge in [0, 0.05) is 56.7 Å². The molecule has 0 atom stereocenters. The molecule has 7 heteroatoms. The van der Waals surface area contributed by atoms with Gasteiger partial charge in [-0.3, -0.25) is 14.2 Å². The summed E-state index contributed by atoms with van der Waals surface area (Å²) < 4.78 is 12.8. The van der Waals surface area contributed by atoms with Crippen LogP contribution in [0.15, 0.2) is 47.4 Å². The molecular formula is C24H30N2O5. The van der Waals surface area contributed by atoms with Crippen LogP contribution in [0.4, 0.5) is 4.79 Å². The van der Waals surface area contributed by atoms with Gasteiger partial charge in [-0.1, -0.05) is 19.1 Å². The van der Waals surface area contributed by atoms with Gasteiger partial charge in [-0.15, -0.1) is 0 Å². The van der Waals surface area contributed by atoms with Gasteiger partial charge in [0.05, 0.1) is 6.10 Å². The molecule has 1 aliphatic heterocycles. The molecule has 1 aromatic carbocycles. The summed E-state index contributed by atoms with van der Waals surface area (Å²) in [6, 6.07) is 10.7. The van der Waals surface area contributed by atoms with E-state index in [9.17, 15) is 14.4 Å². The van der Waals surface area contributed by atoms with Crippen LogP contribution < -0.4 is 10.3 Å². The number of carbonyl (C=O) groups is 2. The standard InChI is InChI=1S/C24H30N2O5/c1-4-20(27)15-18-5-7-19(8-6-18)26-14-11-22(16-23(26)28)31-21-9-12-25(13-10-21)24(29)30-17(2)3/h5-8,11,14,16-17,21H,4,9-10,12-13,15H2,1-3H3. The lowest BCUT2D eigenvalue weighted by Crippen LogP contribution is -2.42. The molecule has 0 bridgehead atoms. The normalized spacial score (nSPS) is 14.5. The van der Waals surface area contributed by atoms with Crippen LogP contribution in [0.1, 0.15) is 45.6 Å². The highest BCUT2D eigenvalue weighted by atomic mass is 16.6. The zero-order valence-electron chi connectivity index (χ0n) is 18.4. The number of ether oxygens (including phenoxy) is 2. The number of likely N-dealkylation sites (tertiary alicyclic amines) is 1. The van der Waals surface area contributed by atoms with Gasteiger partial charge in [0.2, 0.25) is 0 Å². The van der Waals surface area contributed by atoms with E-state index in [1.54, 1.807) is 21.7 Å². The Kier molecular flexibility index (Phi) is 7.50. The highest BCUT2D eigenvalue weighted by Gasteiger charge is 2.25. The zero-order valence-corrected chi connectivity index (χ0v) is 18.4. The fourth-order valence-electron chi connectivity index (χ4n) is 3.50. The van der Waals surface area contributed by atoms with Crippen molar-refractivity contribution >= 4 is 11.9 Å². The highest BCUT2D eigenvalue weighted by Crippen LogP contribution is 2.19. The first-order valence-corrected chi connectivity index (χ1v) is 10.8. The number of ketones is 1. The van der Waals surface area contributed by atoms with Crippen LogP contribution in [0, 0.1) is 0 Å². The van der Waals surface area contributed by atoms with Crippen LogP contribution in [0.5, 0.6) is 5.75 Å². The maximum absolute atomic E-state index is 12.6. The summed E-state index contributed by atoms with van der Waals surface area (Å²) in [5.41, 5.74) is 1.49. The molecule has 1 aliphatic rings. The third-order valence-electron chi connectivity index (χ3n) is 5.24. The largest absolute Gasteiger partial charge is 0.490 e. The van der Waals surface area contributed by atoms with Crippen molar-refractivity contribution in [3.8, 4) is 11.4 Å². The third-order valence-corrected chi connectivity index (χ3v) is 5.24. The first kappa shape index (κ1) is 22.6. The van der Waals surface area contributed by atoms with Crippen molar-refractivity contribution < 1.29 is 19.1 Å². The van der Waals surface area contributed by atoms with Crippen LogP contribution >= 0.6 is 0 Å². The van der Waals surface area contributed by atoms with Crippen molar-refractivity contribution in [3.63, 3.8) is 0 Å². The number of nitrogens with zero attached hydrogens (tertiary/aromatic N) is 2. The van der Waals surface area contributed by atoms with E-state index in [2.05, 4.69) is 0 Å². The second-order valence-electron chi connectivity index (χ2n) is 8.04. The van der Waals surface area contributed by atoms with Crippen molar-refractivity contribution in [1.29, 1.82) is 0 Å². The van der Waals surface area contributed by atoms with Crippen LogP contribution in [0.2, 0.25) is 0 Å². The number of rotatable bonds is 7. The molecule has 0 saturated carbocycles. The summed E-state index contributed by atoms with van der Waals surface area (Å²) in [7, 11) is 0. The van der Waals surface area contributed by atoms with Gasteiger partial charge in [0.15, 0.2) is 0 Å². The van der Waals surface area contributed by atoms with Gasteiger partial charge in [-0.2, -0.15) is 0 Å². The number of aromatic nitrogens is 1. The molecule has 0 unspecified atom stereocenters. The predicted octanol–water partition coefficient (Wildman–Crippen LogP) is 3.75. The minimum atomic E-state index is -0.291. The van der Waals surface area contributed by atoms with E-state index in [0.29, 0.717) is 44.5 Å². The lowest BCUT2D eigenvalue weighted by Gasteiger charge is -2.32. The van der Waals surface area contributed by atoms with Crippen LogP contribution in [-0.4, -0.2) is 46.6 Å². The molecule has 2 aromatic rings. The average molecular weight is 427 g/mol. The molecule has 166 valence electrons. The second-order valence-corrected chi connectivity index (χ2v) is 8.04. The molecule has 2 heterocycles. The topological polar surface area (TPSA) is 77.8 Å². The van der Waals surface area contributed by atoms with Gasteiger partial charge >= 0.3 is 6.09 Å². The van der Waals surface area contributed by atoms with Crippen molar-refractivity contribution in [3.05, 3.63) is 58.5 Å². The number of hydrogen-bond donors (Lipinski definition) is 0. The summed E-state index contributed by atoms with van der Waals surface area (Å²) in [4.78, 5) is 37.9. The summed E-state index contributed by atoms with van der Waals surface area (Å²) in [5, 5.41) is 0. The minimum Gasteiger partial charge on any atom is -0.490 e. The fraction of sp³-hybridized carbons (Fsp3) is 0.458. The first-order valence-electron chi connectivity index (χ1n) is 10.8. The van der Waals surface area contributed by atoms with Gasteiger partial charge in [-0.05, 0) is 37.6 Å². The summed E-state index contributed by atoms with van der Waals surface area (Å²) >= 11 is 0. The molecule has 0 N–H and O–H groups in total.